The molecule has 1 heterocycles. The van der Waals surface area contributed by atoms with E-state index in [1.807, 2.05) is 32.2 Å². The number of thiophene rings is 1. The Morgan fingerprint density at radius 1 is 1.67 bits per heavy atom. The molecule has 2 nitrogen and oxygen atoms in total. The molecule has 1 aromatic heterocycles. The zero-order valence-corrected chi connectivity index (χ0v) is 12.5. The Labute approximate surface area is 113 Å². The Hall–Kier alpha value is 0.190. The first kappa shape index (κ1) is 13.3. The van der Waals surface area contributed by atoms with Gasteiger partial charge in [-0.3, -0.25) is 4.79 Å². The van der Waals surface area contributed by atoms with Crippen LogP contribution in [0.15, 0.2) is 11.4 Å². The molecule has 1 aromatic rings. The standard InChI is InChI=1S/C10H13ClINOS/c1-6(11)10(2,3)13-9(14)7-4-8(12)15-5-7/h4-6H,1-3H3,(H,13,14). The maximum Gasteiger partial charge on any atom is 0.252 e. The summed E-state index contributed by atoms with van der Waals surface area (Å²) in [4.78, 5) is 11.8. The van der Waals surface area contributed by atoms with Crippen LogP contribution in [-0.4, -0.2) is 16.8 Å². The summed E-state index contributed by atoms with van der Waals surface area (Å²) in [6.45, 7) is 5.71. The van der Waals surface area contributed by atoms with Gasteiger partial charge >= 0.3 is 0 Å². The Morgan fingerprint density at radius 3 is 2.67 bits per heavy atom. The smallest absolute Gasteiger partial charge is 0.252 e. The van der Waals surface area contributed by atoms with E-state index in [1.165, 1.54) is 0 Å². The molecule has 5 heteroatoms. The summed E-state index contributed by atoms with van der Waals surface area (Å²) in [5.41, 5.74) is 0.307. The van der Waals surface area contributed by atoms with Crippen molar-refractivity contribution in [2.45, 2.75) is 31.7 Å². The van der Waals surface area contributed by atoms with Gasteiger partial charge in [0.05, 0.1) is 19.4 Å². The van der Waals surface area contributed by atoms with E-state index in [0.717, 1.165) is 2.88 Å². The third kappa shape index (κ3) is 3.60. The molecular weight excluding hydrogens is 345 g/mol. The highest BCUT2D eigenvalue weighted by molar-refractivity contribution is 14.1. The van der Waals surface area contributed by atoms with Crippen LogP contribution in [0.5, 0.6) is 0 Å². The van der Waals surface area contributed by atoms with Crippen molar-refractivity contribution in [3.8, 4) is 0 Å². The second kappa shape index (κ2) is 5.01. The predicted molar refractivity (Wildman–Crippen MR) is 73.9 cm³/mol. The van der Waals surface area contributed by atoms with Crippen LogP contribution in [0.2, 0.25) is 0 Å². The maximum absolute atomic E-state index is 11.8. The van der Waals surface area contributed by atoms with Crippen LogP contribution < -0.4 is 5.32 Å². The fraction of sp³-hybridized carbons (Fsp3) is 0.500. The van der Waals surface area contributed by atoms with Crippen LogP contribution >= 0.6 is 45.5 Å². The first-order valence-corrected chi connectivity index (χ1v) is 6.93. The average molecular weight is 358 g/mol. The van der Waals surface area contributed by atoms with E-state index < -0.39 is 5.54 Å². The molecule has 0 aliphatic rings. The molecule has 0 bridgehead atoms. The zero-order chi connectivity index (χ0) is 11.6. The van der Waals surface area contributed by atoms with Gasteiger partial charge < -0.3 is 5.32 Å². The highest BCUT2D eigenvalue weighted by Gasteiger charge is 2.26. The lowest BCUT2D eigenvalue weighted by molar-refractivity contribution is 0.0913. The number of carbonyl (C=O) groups excluding carboxylic acids is 1. The van der Waals surface area contributed by atoms with Crippen LogP contribution in [0.25, 0.3) is 0 Å². The number of nitrogens with one attached hydrogen (secondary N) is 1. The number of hydrogen-bond donors (Lipinski definition) is 1. The minimum atomic E-state index is -0.397. The van der Waals surface area contributed by atoms with Gasteiger partial charge in [0.2, 0.25) is 0 Å². The monoisotopic (exact) mass is 357 g/mol. The molecule has 1 N–H and O–H groups in total. The molecule has 15 heavy (non-hydrogen) atoms. The van der Waals surface area contributed by atoms with Crippen LogP contribution in [0.4, 0.5) is 0 Å². The van der Waals surface area contributed by atoms with Gasteiger partial charge in [-0.15, -0.1) is 22.9 Å². The van der Waals surface area contributed by atoms with E-state index >= 15 is 0 Å². The van der Waals surface area contributed by atoms with Crippen molar-refractivity contribution in [2.75, 3.05) is 0 Å². The van der Waals surface area contributed by atoms with Crippen molar-refractivity contribution in [2.24, 2.45) is 0 Å². The lowest BCUT2D eigenvalue weighted by atomic mass is 10.0. The molecule has 0 saturated carbocycles. The molecule has 0 saturated heterocycles. The van der Waals surface area contributed by atoms with Gasteiger partial charge in [0.1, 0.15) is 0 Å². The second-order valence-electron chi connectivity index (χ2n) is 3.93. The highest BCUT2D eigenvalue weighted by atomic mass is 127. The molecular formula is C10H13ClINOS. The maximum atomic E-state index is 11.8. The van der Waals surface area contributed by atoms with E-state index in [0.29, 0.717) is 5.56 Å². The lowest BCUT2D eigenvalue weighted by Crippen LogP contribution is -2.48. The molecule has 0 spiro atoms. The van der Waals surface area contributed by atoms with Gasteiger partial charge in [-0.25, -0.2) is 0 Å². The van der Waals surface area contributed by atoms with Gasteiger partial charge in [-0.05, 0) is 49.4 Å². The summed E-state index contributed by atoms with van der Waals surface area (Å²) in [6.07, 6.45) is 0. The summed E-state index contributed by atoms with van der Waals surface area (Å²) < 4.78 is 1.11. The van der Waals surface area contributed by atoms with E-state index in [1.54, 1.807) is 11.3 Å². The van der Waals surface area contributed by atoms with E-state index in [9.17, 15) is 4.79 Å². The van der Waals surface area contributed by atoms with Gasteiger partial charge in [0.25, 0.3) is 5.91 Å². The molecule has 1 rings (SSSR count). The van der Waals surface area contributed by atoms with Gasteiger partial charge in [-0.2, -0.15) is 0 Å². The molecule has 0 aromatic carbocycles. The second-order valence-corrected chi connectivity index (χ2v) is 7.39. The van der Waals surface area contributed by atoms with Crippen molar-refractivity contribution in [3.05, 3.63) is 19.9 Å². The van der Waals surface area contributed by atoms with E-state index in [4.69, 9.17) is 11.6 Å². The number of rotatable bonds is 3. The van der Waals surface area contributed by atoms with Crippen LogP contribution in [-0.2, 0) is 0 Å². The molecule has 1 amide bonds. The minimum absolute atomic E-state index is 0.0633. The normalized spacial score (nSPS) is 13.7. The summed E-state index contributed by atoms with van der Waals surface area (Å²) in [5.74, 6) is -0.0633. The van der Waals surface area contributed by atoms with Gasteiger partial charge in [0.15, 0.2) is 0 Å². The number of halogens is 2. The molecule has 0 fully saturated rings. The van der Waals surface area contributed by atoms with Crippen molar-refractivity contribution in [1.82, 2.24) is 5.32 Å². The van der Waals surface area contributed by atoms with Crippen molar-refractivity contribution in [3.63, 3.8) is 0 Å². The predicted octanol–water partition coefficient (Wildman–Crippen LogP) is 3.49. The summed E-state index contributed by atoms with van der Waals surface area (Å²) in [7, 11) is 0. The first-order valence-electron chi connectivity index (χ1n) is 4.53. The molecule has 1 atom stereocenters. The first-order chi connectivity index (χ1) is 6.83. The van der Waals surface area contributed by atoms with E-state index in [2.05, 4.69) is 27.9 Å². The molecule has 84 valence electrons. The van der Waals surface area contributed by atoms with Gasteiger partial charge in [0, 0.05) is 5.38 Å². The van der Waals surface area contributed by atoms with Crippen molar-refractivity contribution < 1.29 is 4.79 Å². The van der Waals surface area contributed by atoms with Crippen LogP contribution in [0.1, 0.15) is 31.1 Å². The van der Waals surface area contributed by atoms with E-state index in [-0.39, 0.29) is 11.3 Å². The highest BCUT2D eigenvalue weighted by Crippen LogP contribution is 2.19. The van der Waals surface area contributed by atoms with Crippen molar-refractivity contribution in [1.29, 1.82) is 0 Å². The number of amides is 1. The fourth-order valence-corrected chi connectivity index (χ4v) is 2.27. The number of alkyl halides is 1. The summed E-state index contributed by atoms with van der Waals surface area (Å²) in [5, 5.41) is 4.66. The largest absolute Gasteiger partial charge is 0.346 e. The fourth-order valence-electron chi connectivity index (χ4n) is 0.893. The molecule has 0 aliphatic carbocycles. The number of carbonyl (C=O) groups is 1. The molecule has 0 radical (unpaired) electrons. The molecule has 1 unspecified atom stereocenters. The Kier molecular flexibility index (Phi) is 4.43. The molecule has 0 aliphatic heterocycles. The Bertz CT molecular complexity index is 362. The van der Waals surface area contributed by atoms with Crippen LogP contribution in [0, 0.1) is 2.88 Å². The Balaban J connectivity index is 2.72. The SMILES string of the molecule is CC(Cl)C(C)(C)NC(=O)c1csc(I)c1. The third-order valence-corrected chi connectivity index (χ3v) is 4.59. The minimum Gasteiger partial charge on any atom is -0.346 e. The third-order valence-electron chi connectivity index (χ3n) is 2.26. The van der Waals surface area contributed by atoms with Gasteiger partial charge in [-0.1, -0.05) is 0 Å². The summed E-state index contributed by atoms with van der Waals surface area (Å²) >= 11 is 9.75. The quantitative estimate of drug-likeness (QED) is 0.651. The Morgan fingerprint density at radius 2 is 2.27 bits per heavy atom. The topological polar surface area (TPSA) is 29.1 Å². The zero-order valence-electron chi connectivity index (χ0n) is 8.80. The average Bonchev–Trinajstić information content (AvgIpc) is 2.50. The summed E-state index contributed by atoms with van der Waals surface area (Å²) in [6, 6.07) is 1.87. The van der Waals surface area contributed by atoms with Crippen LogP contribution in [0.3, 0.4) is 0 Å². The van der Waals surface area contributed by atoms with Crippen molar-refractivity contribution >= 4 is 51.4 Å². The number of hydrogen-bond acceptors (Lipinski definition) is 2. The lowest BCUT2D eigenvalue weighted by Gasteiger charge is -2.28.